The number of benzene rings is 1. The minimum atomic E-state index is 0.540. The second kappa shape index (κ2) is 8.69. The first-order valence-corrected chi connectivity index (χ1v) is 9.89. The van der Waals surface area contributed by atoms with Gasteiger partial charge in [0, 0.05) is 23.9 Å². The number of nitrogens with two attached hydrogens (primary N) is 1. The lowest BCUT2D eigenvalue weighted by Gasteiger charge is -2.31. The zero-order valence-corrected chi connectivity index (χ0v) is 16.7. The maximum atomic E-state index is 5.34. The maximum absolute atomic E-state index is 5.34. The molecular weight excluding hydrogens is 324 g/mol. The average molecular weight is 359 g/mol. The van der Waals surface area contributed by atoms with Crippen molar-refractivity contribution in [2.45, 2.75) is 45.7 Å². The summed E-state index contributed by atoms with van der Waals surface area (Å²) < 4.78 is 7.33. The van der Waals surface area contributed by atoms with Gasteiger partial charge >= 0.3 is 0 Å². The quantitative estimate of drug-likeness (QED) is 0.773. The predicted molar refractivity (Wildman–Crippen MR) is 103 cm³/mol. The molecule has 1 fully saturated rings. The van der Waals surface area contributed by atoms with E-state index in [0.717, 1.165) is 24.5 Å². The molecule has 1 saturated heterocycles. The minimum Gasteiger partial charge on any atom is -0.497 e. The molecule has 0 radical (unpaired) electrons. The van der Waals surface area contributed by atoms with Crippen LogP contribution in [0.15, 0.2) is 24.3 Å². The first-order valence-electron chi connectivity index (χ1n) is 9.89. The molecule has 142 valence electrons. The number of hydrogen-bond acceptors (Lipinski definition) is 2. The topological polar surface area (TPSA) is 48.1 Å². The van der Waals surface area contributed by atoms with Gasteiger partial charge < -0.3 is 15.0 Å². The van der Waals surface area contributed by atoms with Crippen LogP contribution in [0, 0.1) is 13.8 Å². The molecule has 26 heavy (non-hydrogen) atoms. The van der Waals surface area contributed by atoms with Crippen molar-refractivity contribution in [2.24, 2.45) is 7.05 Å². The normalized spacial score (nSPS) is 16.6. The molecule has 1 aliphatic rings. The fourth-order valence-electron chi connectivity index (χ4n) is 4.24. The number of likely N-dealkylation sites (tertiary alicyclic amines) is 1. The monoisotopic (exact) mass is 358 g/mol. The highest BCUT2D eigenvalue weighted by atomic mass is 16.5. The van der Waals surface area contributed by atoms with E-state index in [1.165, 1.54) is 49.2 Å². The minimum absolute atomic E-state index is 0.540. The highest BCUT2D eigenvalue weighted by Gasteiger charge is 2.27. The summed E-state index contributed by atoms with van der Waals surface area (Å²) in [5, 5.41) is 7.02. The lowest BCUT2D eigenvalue weighted by molar-refractivity contribution is -0.950. The first-order chi connectivity index (χ1) is 12.6. The van der Waals surface area contributed by atoms with Crippen molar-refractivity contribution in [1.29, 1.82) is 0 Å². The Kier molecular flexibility index (Phi) is 6.33. The molecule has 1 atom stereocenters. The van der Waals surface area contributed by atoms with E-state index in [4.69, 9.17) is 4.74 Å². The molecule has 0 unspecified atom stereocenters. The van der Waals surface area contributed by atoms with Gasteiger partial charge in [0.15, 0.2) is 6.04 Å². The molecule has 1 aromatic carbocycles. The van der Waals surface area contributed by atoms with Gasteiger partial charge in [0.2, 0.25) is 0 Å². The number of nitrogens with one attached hydrogen (secondary N) is 1. The summed E-state index contributed by atoms with van der Waals surface area (Å²) in [5.74, 6) is 0.937. The number of quaternary nitrogens is 2. The molecule has 1 aromatic heterocycles. The third kappa shape index (κ3) is 4.27. The summed E-state index contributed by atoms with van der Waals surface area (Å²) in [6.45, 7) is 8.97. The maximum Gasteiger partial charge on any atom is 0.163 e. The molecule has 0 spiro atoms. The van der Waals surface area contributed by atoms with Gasteiger partial charge in [0.1, 0.15) is 18.8 Å². The molecule has 0 amide bonds. The Labute approximate surface area is 157 Å². The zero-order chi connectivity index (χ0) is 18.5. The van der Waals surface area contributed by atoms with Gasteiger partial charge in [-0.1, -0.05) is 0 Å². The van der Waals surface area contributed by atoms with Crippen molar-refractivity contribution in [3.63, 3.8) is 0 Å². The molecule has 0 saturated carbocycles. The van der Waals surface area contributed by atoms with Gasteiger partial charge in [-0.25, -0.2) is 0 Å². The van der Waals surface area contributed by atoms with Crippen LogP contribution in [-0.2, 0) is 13.6 Å². The summed E-state index contributed by atoms with van der Waals surface area (Å²) in [7, 11) is 3.76. The van der Waals surface area contributed by atoms with Crippen molar-refractivity contribution in [3.05, 3.63) is 46.8 Å². The van der Waals surface area contributed by atoms with Gasteiger partial charge in [-0.2, -0.15) is 5.10 Å². The Morgan fingerprint density at radius 2 is 1.85 bits per heavy atom. The third-order valence-corrected chi connectivity index (χ3v) is 5.92. The average Bonchev–Trinajstić information content (AvgIpc) is 2.92. The van der Waals surface area contributed by atoms with E-state index < -0.39 is 0 Å². The molecule has 5 nitrogen and oxygen atoms in total. The van der Waals surface area contributed by atoms with Crippen molar-refractivity contribution >= 4 is 0 Å². The number of hydrogen-bond donors (Lipinski definition) is 2. The van der Waals surface area contributed by atoms with Crippen molar-refractivity contribution in [3.8, 4) is 5.75 Å². The number of aromatic nitrogens is 2. The second-order valence-electron chi connectivity index (χ2n) is 7.55. The van der Waals surface area contributed by atoms with Crippen LogP contribution in [0.1, 0.15) is 47.8 Å². The molecule has 2 aromatic rings. The second-order valence-corrected chi connectivity index (χ2v) is 7.55. The molecule has 5 heteroatoms. The van der Waals surface area contributed by atoms with Crippen LogP contribution in [0.4, 0.5) is 0 Å². The smallest absolute Gasteiger partial charge is 0.163 e. The number of nitrogens with zero attached hydrogens (tertiary/aromatic N) is 2. The summed E-state index contributed by atoms with van der Waals surface area (Å²) in [6, 6.07) is 9.24. The fraction of sp³-hybridized carbons (Fsp3) is 0.571. The Morgan fingerprint density at radius 3 is 2.42 bits per heavy atom. The van der Waals surface area contributed by atoms with Gasteiger partial charge in [-0.15, -0.1) is 0 Å². The van der Waals surface area contributed by atoms with Gasteiger partial charge in [-0.05, 0) is 57.4 Å². The molecule has 0 bridgehead atoms. The molecule has 1 aliphatic heterocycles. The highest BCUT2D eigenvalue weighted by Crippen LogP contribution is 2.16. The van der Waals surface area contributed by atoms with Crippen molar-refractivity contribution in [2.75, 3.05) is 26.7 Å². The van der Waals surface area contributed by atoms with E-state index in [1.807, 2.05) is 11.7 Å². The lowest BCUT2D eigenvalue weighted by Crippen LogP contribution is -3.15. The van der Waals surface area contributed by atoms with E-state index in [-0.39, 0.29) is 0 Å². The highest BCUT2D eigenvalue weighted by molar-refractivity contribution is 5.28. The van der Waals surface area contributed by atoms with E-state index >= 15 is 0 Å². The zero-order valence-electron chi connectivity index (χ0n) is 16.7. The lowest BCUT2D eigenvalue weighted by atomic mass is 10.0. The summed E-state index contributed by atoms with van der Waals surface area (Å²) >= 11 is 0. The molecule has 3 N–H and O–H groups in total. The Hall–Kier alpha value is -1.85. The van der Waals surface area contributed by atoms with Crippen molar-refractivity contribution < 1.29 is 15.0 Å². The van der Waals surface area contributed by atoms with Crippen LogP contribution in [0.5, 0.6) is 5.75 Å². The summed E-state index contributed by atoms with van der Waals surface area (Å²) in [6.07, 6.45) is 4.09. The van der Waals surface area contributed by atoms with Crippen LogP contribution in [0.2, 0.25) is 0 Å². The first kappa shape index (κ1) is 18.9. The fourth-order valence-corrected chi connectivity index (χ4v) is 4.24. The SMILES string of the molecule is COc1ccc([C@H](C[NH2+]Cc2c(C)nn(C)c2C)[NH+]2CCCCC2)cc1. The Balaban J connectivity index is 1.70. The Bertz CT molecular complexity index is 702. The molecular formula is C21H34N4O+2. The van der Waals surface area contributed by atoms with Crippen molar-refractivity contribution in [1.82, 2.24) is 9.78 Å². The van der Waals surface area contributed by atoms with Gasteiger partial charge in [0.25, 0.3) is 0 Å². The summed E-state index contributed by atoms with van der Waals surface area (Å²) in [5.41, 5.74) is 5.26. The van der Waals surface area contributed by atoms with Crippen LogP contribution in [0.3, 0.4) is 0 Å². The molecule has 3 rings (SSSR count). The molecule has 0 aliphatic carbocycles. The number of ether oxygens (including phenoxy) is 1. The van der Waals surface area contributed by atoms with Gasteiger partial charge in [0.05, 0.1) is 25.9 Å². The number of piperidine rings is 1. The third-order valence-electron chi connectivity index (χ3n) is 5.92. The van der Waals surface area contributed by atoms with E-state index in [2.05, 4.69) is 48.5 Å². The Morgan fingerprint density at radius 1 is 1.15 bits per heavy atom. The standard InChI is InChI=1S/C21H32N4O/c1-16-20(17(2)24(3)23-16)14-22-15-21(25-12-6-5-7-13-25)18-8-10-19(26-4)11-9-18/h8-11,21-22H,5-7,12-15H2,1-4H3/p+2/t21-/m0/s1. The van der Waals surface area contributed by atoms with Crippen LogP contribution < -0.4 is 15.0 Å². The summed E-state index contributed by atoms with van der Waals surface area (Å²) in [4.78, 5) is 1.73. The number of methoxy groups -OCH3 is 1. The van der Waals surface area contributed by atoms with Crippen LogP contribution >= 0.6 is 0 Å². The van der Waals surface area contributed by atoms with E-state index in [0.29, 0.717) is 6.04 Å². The van der Waals surface area contributed by atoms with E-state index in [9.17, 15) is 0 Å². The van der Waals surface area contributed by atoms with Crippen LogP contribution in [-0.4, -0.2) is 36.5 Å². The molecule has 2 heterocycles. The van der Waals surface area contributed by atoms with Crippen LogP contribution in [0.25, 0.3) is 0 Å². The predicted octanol–water partition coefficient (Wildman–Crippen LogP) is 0.919. The van der Waals surface area contributed by atoms with Gasteiger partial charge in [-0.3, -0.25) is 4.68 Å². The van der Waals surface area contributed by atoms with E-state index in [1.54, 1.807) is 12.0 Å². The number of rotatable bonds is 7. The largest absolute Gasteiger partial charge is 0.497 e. The number of aryl methyl sites for hydroxylation is 2.